The Kier molecular flexibility index (Phi) is 7.93. The van der Waals surface area contributed by atoms with Crippen LogP contribution in [0.5, 0.6) is 0 Å². The molecule has 0 spiro atoms. The SMILES string of the molecule is FC(F)(F)C1CCCN(C(=S)[S-])C1Pc1ccccc1.N[NH3+]. The maximum absolute atomic E-state index is 13.2. The molecule has 0 amide bonds. The van der Waals surface area contributed by atoms with Crippen molar-refractivity contribution in [2.45, 2.75) is 24.8 Å². The first kappa shape index (κ1) is 19.5. The first-order valence-electron chi connectivity index (χ1n) is 6.66. The van der Waals surface area contributed by atoms with Crippen molar-refractivity contribution in [3.63, 3.8) is 0 Å². The van der Waals surface area contributed by atoms with Gasteiger partial charge in [-0.2, -0.15) is 19.0 Å². The summed E-state index contributed by atoms with van der Waals surface area (Å²) in [4.78, 5) is 1.58. The second-order valence-electron chi connectivity index (χ2n) is 4.70. The fraction of sp³-hybridized carbons (Fsp3) is 0.462. The highest BCUT2D eigenvalue weighted by atomic mass is 32.1. The van der Waals surface area contributed by atoms with E-state index >= 15 is 0 Å². The fourth-order valence-corrected chi connectivity index (χ4v) is 4.72. The van der Waals surface area contributed by atoms with E-state index < -0.39 is 17.9 Å². The molecule has 1 heterocycles. The number of thiocarbonyl (C=S) groups is 1. The number of alkyl halides is 3. The summed E-state index contributed by atoms with van der Waals surface area (Å²) in [5.41, 5.74) is 0. The molecular formula is C13H19F3N3PS2. The summed E-state index contributed by atoms with van der Waals surface area (Å²) in [5, 5.41) is 0.907. The van der Waals surface area contributed by atoms with Gasteiger partial charge < -0.3 is 29.7 Å². The van der Waals surface area contributed by atoms with Gasteiger partial charge in [0.1, 0.15) is 0 Å². The van der Waals surface area contributed by atoms with Crippen LogP contribution in [0.2, 0.25) is 0 Å². The van der Waals surface area contributed by atoms with Crippen molar-refractivity contribution >= 4 is 43.1 Å². The van der Waals surface area contributed by atoms with Crippen molar-refractivity contribution in [3.8, 4) is 0 Å². The van der Waals surface area contributed by atoms with E-state index in [1.807, 2.05) is 30.3 Å². The van der Waals surface area contributed by atoms with E-state index in [-0.39, 0.29) is 19.3 Å². The molecule has 1 aromatic rings. The van der Waals surface area contributed by atoms with Crippen LogP contribution in [-0.2, 0) is 12.6 Å². The molecule has 1 aliphatic heterocycles. The van der Waals surface area contributed by atoms with Crippen LogP contribution in [0.1, 0.15) is 12.8 Å². The Morgan fingerprint density at radius 3 is 2.41 bits per heavy atom. The normalized spacial score (nSPS) is 22.3. The van der Waals surface area contributed by atoms with Gasteiger partial charge in [-0.25, -0.2) is 0 Å². The van der Waals surface area contributed by atoms with Crippen LogP contribution in [0.3, 0.4) is 0 Å². The molecule has 3 nitrogen and oxygen atoms in total. The molecule has 0 saturated carbocycles. The van der Waals surface area contributed by atoms with Gasteiger partial charge in [0.15, 0.2) is 0 Å². The molecular weight excluding hydrogens is 350 g/mol. The summed E-state index contributed by atoms with van der Waals surface area (Å²) in [7, 11) is 0.0324. The minimum absolute atomic E-state index is 0.0324. The lowest BCUT2D eigenvalue weighted by molar-refractivity contribution is -0.379. The van der Waals surface area contributed by atoms with Crippen LogP contribution in [-0.4, -0.2) is 27.7 Å². The largest absolute Gasteiger partial charge is 0.411 e. The van der Waals surface area contributed by atoms with Gasteiger partial charge in [-0.05, 0) is 18.1 Å². The zero-order chi connectivity index (χ0) is 16.8. The Balaban J connectivity index is 0.00000116. The number of nitrogens with zero attached hydrogens (tertiary/aromatic N) is 1. The number of likely N-dealkylation sites (tertiary alicyclic amines) is 1. The smallest absolute Gasteiger partial charge is 0.394 e. The van der Waals surface area contributed by atoms with E-state index in [1.165, 1.54) is 0 Å². The summed E-state index contributed by atoms with van der Waals surface area (Å²) in [5.74, 6) is 4.99. The quantitative estimate of drug-likeness (QED) is 0.273. The highest BCUT2D eigenvalue weighted by molar-refractivity contribution is 8.00. The Labute approximate surface area is 140 Å². The zero-order valence-corrected chi connectivity index (χ0v) is 14.5. The number of rotatable bonds is 2. The van der Waals surface area contributed by atoms with Crippen LogP contribution in [0.15, 0.2) is 30.3 Å². The van der Waals surface area contributed by atoms with Gasteiger partial charge in [0.2, 0.25) is 0 Å². The van der Waals surface area contributed by atoms with Gasteiger partial charge in [0, 0.05) is 6.54 Å². The molecule has 124 valence electrons. The summed E-state index contributed by atoms with van der Waals surface area (Å²) in [6.07, 6.45) is -3.57. The lowest BCUT2D eigenvalue weighted by Gasteiger charge is -2.45. The van der Waals surface area contributed by atoms with Crippen molar-refractivity contribution in [1.82, 2.24) is 4.90 Å². The fourth-order valence-electron chi connectivity index (χ4n) is 2.43. The third-order valence-electron chi connectivity index (χ3n) is 3.37. The predicted octanol–water partition coefficient (Wildman–Crippen LogP) is 1.52. The van der Waals surface area contributed by atoms with E-state index in [2.05, 4.69) is 11.7 Å². The van der Waals surface area contributed by atoms with Crippen LogP contribution < -0.4 is 17.0 Å². The van der Waals surface area contributed by atoms with E-state index in [4.69, 9.17) is 24.8 Å². The molecule has 1 aromatic carbocycles. The Hall–Kier alpha value is -0.530. The van der Waals surface area contributed by atoms with E-state index in [0.717, 1.165) is 5.30 Å². The number of hydrogen-bond donors (Lipinski definition) is 2. The number of hydrogen-bond acceptors (Lipinski definition) is 3. The average molecular weight is 369 g/mol. The average Bonchev–Trinajstić information content (AvgIpc) is 2.49. The van der Waals surface area contributed by atoms with Crippen molar-refractivity contribution in [1.29, 1.82) is 0 Å². The number of piperidine rings is 1. The molecule has 0 aliphatic carbocycles. The maximum Gasteiger partial charge on any atom is 0.394 e. The summed E-state index contributed by atoms with van der Waals surface area (Å²) in [6.45, 7) is 0.527. The molecule has 3 unspecified atom stereocenters. The van der Waals surface area contributed by atoms with Crippen LogP contribution in [0, 0.1) is 5.92 Å². The van der Waals surface area contributed by atoms with Crippen LogP contribution in [0.25, 0.3) is 0 Å². The summed E-state index contributed by atoms with van der Waals surface area (Å²) >= 11 is 9.92. The highest BCUT2D eigenvalue weighted by Gasteiger charge is 2.47. The van der Waals surface area contributed by atoms with Gasteiger partial charge >= 0.3 is 6.18 Å². The first-order chi connectivity index (χ1) is 10.4. The summed E-state index contributed by atoms with van der Waals surface area (Å²) < 4.78 is 39.8. The van der Waals surface area contributed by atoms with E-state index in [1.54, 1.807) is 4.90 Å². The molecule has 2 rings (SSSR count). The number of halogens is 3. The van der Waals surface area contributed by atoms with E-state index in [0.29, 0.717) is 13.0 Å². The Morgan fingerprint density at radius 2 is 1.91 bits per heavy atom. The maximum atomic E-state index is 13.2. The monoisotopic (exact) mass is 369 g/mol. The lowest BCUT2D eigenvalue weighted by Crippen LogP contribution is -2.59. The van der Waals surface area contributed by atoms with Crippen molar-refractivity contribution < 1.29 is 19.0 Å². The third-order valence-corrected chi connectivity index (χ3v) is 5.52. The van der Waals surface area contributed by atoms with Crippen molar-refractivity contribution in [3.05, 3.63) is 30.3 Å². The van der Waals surface area contributed by atoms with Crippen LogP contribution >= 0.6 is 20.8 Å². The number of quaternary nitrogens is 1. The minimum Gasteiger partial charge on any atom is -0.411 e. The van der Waals surface area contributed by atoms with Crippen molar-refractivity contribution in [2.24, 2.45) is 11.8 Å². The Bertz CT molecular complexity index is 473. The molecule has 0 aromatic heterocycles. The van der Waals surface area contributed by atoms with Gasteiger partial charge in [0.05, 0.1) is 11.7 Å². The van der Waals surface area contributed by atoms with Crippen molar-refractivity contribution in [2.75, 3.05) is 6.54 Å². The Morgan fingerprint density at radius 1 is 1.32 bits per heavy atom. The van der Waals surface area contributed by atoms with Gasteiger partial charge in [0.25, 0.3) is 0 Å². The number of benzene rings is 1. The predicted molar refractivity (Wildman–Crippen MR) is 90.7 cm³/mol. The van der Waals surface area contributed by atoms with Crippen LogP contribution in [0.4, 0.5) is 13.2 Å². The molecule has 0 radical (unpaired) electrons. The molecule has 3 atom stereocenters. The summed E-state index contributed by atoms with van der Waals surface area (Å²) in [6, 6.07) is 9.23. The lowest BCUT2D eigenvalue weighted by atomic mass is 9.97. The van der Waals surface area contributed by atoms with Gasteiger partial charge in [-0.15, -0.1) is 0 Å². The molecule has 1 fully saturated rings. The highest BCUT2D eigenvalue weighted by Crippen LogP contribution is 2.44. The zero-order valence-electron chi connectivity index (χ0n) is 11.8. The molecule has 22 heavy (non-hydrogen) atoms. The molecule has 1 aliphatic rings. The van der Waals surface area contributed by atoms with E-state index in [9.17, 15) is 13.2 Å². The van der Waals surface area contributed by atoms with Gasteiger partial charge in [-0.3, -0.25) is 5.84 Å². The topological polar surface area (TPSA) is 56.9 Å². The third kappa shape index (κ3) is 5.28. The second kappa shape index (κ2) is 8.93. The standard InChI is InChI=1S/C13H15F3NPS2.H4N2/c14-13(15,16)10-7-4-8-17(12(19)20)11(10)18-9-5-2-1-3-6-9;1-2/h1-3,5-6,10-11,18H,4,7-8H2,(H,19,20);1-2H2. The minimum atomic E-state index is -4.20. The van der Waals surface area contributed by atoms with Gasteiger partial charge in [-0.1, -0.05) is 43.2 Å². The molecule has 1 saturated heterocycles. The first-order valence-corrected chi connectivity index (χ1v) is 8.55. The second-order valence-corrected chi connectivity index (χ2v) is 7.19. The molecule has 0 bridgehead atoms. The number of nitrogens with two attached hydrogens (primary N) is 1. The molecule has 5 N–H and O–H groups in total. The molecule has 9 heteroatoms.